The van der Waals surface area contributed by atoms with Gasteiger partial charge in [0.05, 0.1) is 0 Å². The average molecular weight is 335 g/mol. The van der Waals surface area contributed by atoms with Crippen LogP contribution in [-0.2, 0) is 0 Å². The Labute approximate surface area is 145 Å². The number of rotatable bonds is 7. The van der Waals surface area contributed by atoms with E-state index in [9.17, 15) is 5.11 Å². The monoisotopic (exact) mass is 334 g/mol. The van der Waals surface area contributed by atoms with Crippen LogP contribution in [0.1, 0.15) is 29.7 Å². The number of hydrogen-bond donors (Lipinski definition) is 2. The summed E-state index contributed by atoms with van der Waals surface area (Å²) in [6.45, 7) is 6.96. The summed E-state index contributed by atoms with van der Waals surface area (Å²) in [5, 5.41) is 13.4. The van der Waals surface area contributed by atoms with Crippen LogP contribution in [-0.4, -0.2) is 24.4 Å². The van der Waals surface area contributed by atoms with Gasteiger partial charge in [0.15, 0.2) is 0 Å². The minimum atomic E-state index is -0.535. The van der Waals surface area contributed by atoms with E-state index in [0.29, 0.717) is 13.2 Å². The Bertz CT molecular complexity index is 589. The fraction of sp³-hybridized carbons (Fsp3) is 0.368. The summed E-state index contributed by atoms with van der Waals surface area (Å²) in [5.41, 5.74) is 3.52. The molecule has 0 spiro atoms. The summed E-state index contributed by atoms with van der Waals surface area (Å²) in [6.07, 6.45) is -0.535. The smallest absolute Gasteiger partial charge is 0.122 e. The predicted molar refractivity (Wildman–Crippen MR) is 90.3 cm³/mol. The molecular formula is C19H25ClNO2-. The number of aliphatic hydroxyl groups is 1. The second-order valence-corrected chi connectivity index (χ2v) is 5.77. The second kappa shape index (κ2) is 9.56. The van der Waals surface area contributed by atoms with E-state index in [0.717, 1.165) is 11.3 Å². The van der Waals surface area contributed by atoms with Gasteiger partial charge in [0.2, 0.25) is 0 Å². The van der Waals surface area contributed by atoms with Gasteiger partial charge in [0.25, 0.3) is 0 Å². The lowest BCUT2D eigenvalue weighted by molar-refractivity contribution is -0.00000649. The van der Waals surface area contributed by atoms with Gasteiger partial charge in [-0.25, -0.2) is 0 Å². The Kier molecular flexibility index (Phi) is 8.10. The maximum Gasteiger partial charge on any atom is 0.122 e. The van der Waals surface area contributed by atoms with Crippen LogP contribution in [0.2, 0.25) is 0 Å². The standard InChI is InChI=1S/C19H25NO2.ClH/c1-14-9-10-19(15(2)11-14)22-13-18(21)12-20-16(3)17-7-5-4-6-8-17;/h4-11,16,18,20-21H,12-13H2,1-3H3;1H/p-1. The summed E-state index contributed by atoms with van der Waals surface area (Å²) >= 11 is 0. The Morgan fingerprint density at radius 2 is 1.78 bits per heavy atom. The van der Waals surface area contributed by atoms with Crippen LogP contribution < -0.4 is 22.5 Å². The molecule has 2 rings (SSSR count). The molecule has 0 radical (unpaired) electrons. The van der Waals surface area contributed by atoms with Crippen LogP contribution in [0.3, 0.4) is 0 Å². The van der Waals surface area contributed by atoms with E-state index in [1.807, 2.05) is 37.3 Å². The third-order valence-corrected chi connectivity index (χ3v) is 3.72. The lowest BCUT2D eigenvalue weighted by atomic mass is 10.1. The maximum atomic E-state index is 10.1. The first-order valence-electron chi connectivity index (χ1n) is 7.72. The molecule has 0 aromatic heterocycles. The van der Waals surface area contributed by atoms with Crippen molar-refractivity contribution in [3.05, 3.63) is 65.2 Å². The molecule has 0 aliphatic heterocycles. The Morgan fingerprint density at radius 3 is 2.43 bits per heavy atom. The minimum Gasteiger partial charge on any atom is -1.00 e. The fourth-order valence-electron chi connectivity index (χ4n) is 2.38. The number of aliphatic hydroxyl groups excluding tert-OH is 1. The lowest BCUT2D eigenvalue weighted by Gasteiger charge is -2.18. The zero-order chi connectivity index (χ0) is 15.9. The summed E-state index contributed by atoms with van der Waals surface area (Å²) in [5.74, 6) is 0.834. The van der Waals surface area contributed by atoms with Crippen molar-refractivity contribution in [2.45, 2.75) is 32.9 Å². The highest BCUT2D eigenvalue weighted by Gasteiger charge is 2.10. The van der Waals surface area contributed by atoms with Crippen LogP contribution in [0.15, 0.2) is 48.5 Å². The molecule has 2 unspecified atom stereocenters. The third-order valence-electron chi connectivity index (χ3n) is 3.72. The first-order valence-corrected chi connectivity index (χ1v) is 7.72. The van der Waals surface area contributed by atoms with Gasteiger partial charge < -0.3 is 27.6 Å². The molecule has 0 bridgehead atoms. The summed E-state index contributed by atoms with van der Waals surface area (Å²) in [7, 11) is 0. The van der Waals surface area contributed by atoms with E-state index in [2.05, 4.69) is 37.4 Å². The normalized spacial score (nSPS) is 13.0. The number of aryl methyl sites for hydroxylation is 2. The zero-order valence-electron chi connectivity index (χ0n) is 13.9. The van der Waals surface area contributed by atoms with E-state index in [-0.39, 0.29) is 18.4 Å². The van der Waals surface area contributed by atoms with Crippen molar-refractivity contribution in [3.8, 4) is 5.75 Å². The van der Waals surface area contributed by atoms with Crippen LogP contribution in [0, 0.1) is 13.8 Å². The molecule has 23 heavy (non-hydrogen) atoms. The molecule has 0 amide bonds. The third kappa shape index (κ3) is 6.22. The van der Waals surface area contributed by atoms with Gasteiger partial charge in [-0.1, -0.05) is 48.0 Å². The number of ether oxygens (including phenoxy) is 1. The first-order chi connectivity index (χ1) is 10.6. The van der Waals surface area contributed by atoms with Gasteiger partial charge in [-0.05, 0) is 38.0 Å². The van der Waals surface area contributed by atoms with Crippen LogP contribution in [0.25, 0.3) is 0 Å². The van der Waals surface area contributed by atoms with Crippen LogP contribution in [0.5, 0.6) is 5.75 Å². The highest BCUT2D eigenvalue weighted by atomic mass is 35.5. The van der Waals surface area contributed by atoms with Crippen molar-refractivity contribution in [3.63, 3.8) is 0 Å². The Balaban J connectivity index is 0.00000264. The number of halogens is 1. The van der Waals surface area contributed by atoms with Gasteiger partial charge in [0.1, 0.15) is 18.5 Å². The number of benzene rings is 2. The molecule has 2 aromatic rings. The highest BCUT2D eigenvalue weighted by molar-refractivity contribution is 5.35. The molecule has 0 aliphatic rings. The molecule has 0 fully saturated rings. The quantitative estimate of drug-likeness (QED) is 0.770. The van der Waals surface area contributed by atoms with E-state index in [1.165, 1.54) is 11.1 Å². The highest BCUT2D eigenvalue weighted by Crippen LogP contribution is 2.18. The Morgan fingerprint density at radius 1 is 1.09 bits per heavy atom. The molecular weight excluding hydrogens is 310 g/mol. The number of nitrogens with one attached hydrogen (secondary N) is 1. The summed E-state index contributed by atoms with van der Waals surface area (Å²) in [4.78, 5) is 0. The topological polar surface area (TPSA) is 41.5 Å². The van der Waals surface area contributed by atoms with Gasteiger partial charge in [-0.2, -0.15) is 0 Å². The van der Waals surface area contributed by atoms with Gasteiger partial charge in [-0.15, -0.1) is 0 Å². The van der Waals surface area contributed by atoms with Gasteiger partial charge in [0, 0.05) is 12.6 Å². The second-order valence-electron chi connectivity index (χ2n) is 5.77. The molecule has 3 nitrogen and oxygen atoms in total. The van der Waals surface area contributed by atoms with Crippen LogP contribution in [0.4, 0.5) is 0 Å². The van der Waals surface area contributed by atoms with Gasteiger partial charge >= 0.3 is 0 Å². The van der Waals surface area contributed by atoms with Crippen molar-refractivity contribution >= 4 is 0 Å². The van der Waals surface area contributed by atoms with Crippen LogP contribution >= 0.6 is 0 Å². The Hall–Kier alpha value is -1.55. The largest absolute Gasteiger partial charge is 1.00 e. The molecule has 0 saturated carbocycles. The van der Waals surface area contributed by atoms with E-state index in [1.54, 1.807) is 0 Å². The molecule has 0 heterocycles. The zero-order valence-corrected chi connectivity index (χ0v) is 14.7. The number of hydrogen-bond acceptors (Lipinski definition) is 3. The lowest BCUT2D eigenvalue weighted by Crippen LogP contribution is -3.00. The average Bonchev–Trinajstić information content (AvgIpc) is 2.52. The molecule has 0 saturated heterocycles. The van der Waals surface area contributed by atoms with Crippen molar-refractivity contribution in [2.75, 3.05) is 13.2 Å². The van der Waals surface area contributed by atoms with Crippen molar-refractivity contribution in [1.82, 2.24) is 5.32 Å². The first kappa shape index (κ1) is 19.5. The molecule has 126 valence electrons. The van der Waals surface area contributed by atoms with E-state index < -0.39 is 6.10 Å². The SMILES string of the molecule is Cc1ccc(OCC(O)CNC(C)c2ccccc2)c(C)c1.[Cl-]. The fourth-order valence-corrected chi connectivity index (χ4v) is 2.38. The van der Waals surface area contributed by atoms with Crippen molar-refractivity contribution in [2.24, 2.45) is 0 Å². The maximum absolute atomic E-state index is 10.1. The van der Waals surface area contributed by atoms with Crippen molar-refractivity contribution < 1.29 is 22.3 Å². The summed E-state index contributed by atoms with van der Waals surface area (Å²) in [6, 6.07) is 16.5. The van der Waals surface area contributed by atoms with E-state index >= 15 is 0 Å². The van der Waals surface area contributed by atoms with Gasteiger partial charge in [-0.3, -0.25) is 0 Å². The summed E-state index contributed by atoms with van der Waals surface area (Å²) < 4.78 is 5.70. The molecule has 2 atom stereocenters. The minimum absolute atomic E-state index is 0. The molecule has 0 aliphatic carbocycles. The predicted octanol–water partition coefficient (Wildman–Crippen LogP) is 0.398. The van der Waals surface area contributed by atoms with Crippen molar-refractivity contribution in [1.29, 1.82) is 0 Å². The molecule has 4 heteroatoms. The van der Waals surface area contributed by atoms with E-state index in [4.69, 9.17) is 4.74 Å². The molecule has 2 N–H and O–H groups in total. The molecule has 2 aromatic carbocycles.